The molecule has 20 heavy (non-hydrogen) atoms. The van der Waals surface area contributed by atoms with E-state index in [-0.39, 0.29) is 17.9 Å². The molecule has 0 bridgehead atoms. The summed E-state index contributed by atoms with van der Waals surface area (Å²) in [6.07, 6.45) is 3.99. The van der Waals surface area contributed by atoms with Crippen molar-refractivity contribution in [3.05, 3.63) is 42.0 Å². The van der Waals surface area contributed by atoms with E-state index in [0.29, 0.717) is 6.54 Å². The SMILES string of the molecule is CC[C@H](C)[C@H](N)C(=O)N1CC=C(c2ccccc2)CC1. The minimum Gasteiger partial charge on any atom is -0.337 e. The molecule has 0 saturated carbocycles. The Hall–Kier alpha value is -1.61. The summed E-state index contributed by atoms with van der Waals surface area (Å²) < 4.78 is 0. The van der Waals surface area contributed by atoms with Gasteiger partial charge in [0.05, 0.1) is 6.04 Å². The Balaban J connectivity index is 2.00. The van der Waals surface area contributed by atoms with E-state index >= 15 is 0 Å². The quantitative estimate of drug-likeness (QED) is 0.916. The molecule has 108 valence electrons. The Morgan fingerprint density at radius 1 is 1.35 bits per heavy atom. The van der Waals surface area contributed by atoms with Crippen molar-refractivity contribution in [2.24, 2.45) is 11.7 Å². The number of nitrogens with two attached hydrogens (primary N) is 1. The molecule has 0 aromatic heterocycles. The summed E-state index contributed by atoms with van der Waals surface area (Å²) in [5.74, 6) is 0.324. The molecule has 1 amide bonds. The molecule has 1 heterocycles. The maximum absolute atomic E-state index is 12.3. The second kappa shape index (κ2) is 6.71. The summed E-state index contributed by atoms with van der Waals surface area (Å²) >= 11 is 0. The number of benzene rings is 1. The maximum Gasteiger partial charge on any atom is 0.240 e. The summed E-state index contributed by atoms with van der Waals surface area (Å²) in [5.41, 5.74) is 8.62. The van der Waals surface area contributed by atoms with Crippen molar-refractivity contribution < 1.29 is 4.79 Å². The number of rotatable bonds is 4. The predicted molar refractivity (Wildman–Crippen MR) is 83.0 cm³/mol. The Labute approximate surface area is 121 Å². The molecule has 2 atom stereocenters. The summed E-state index contributed by atoms with van der Waals surface area (Å²) in [6, 6.07) is 9.99. The largest absolute Gasteiger partial charge is 0.337 e. The molecule has 0 unspecified atom stereocenters. The van der Waals surface area contributed by atoms with Crippen LogP contribution in [0.5, 0.6) is 0 Å². The number of amides is 1. The lowest BCUT2D eigenvalue weighted by Crippen LogP contribution is -2.48. The van der Waals surface area contributed by atoms with Crippen LogP contribution in [0.2, 0.25) is 0 Å². The van der Waals surface area contributed by atoms with Gasteiger partial charge in [0, 0.05) is 13.1 Å². The van der Waals surface area contributed by atoms with Crippen molar-refractivity contribution in [3.8, 4) is 0 Å². The molecule has 0 spiro atoms. The second-order valence-electron chi connectivity index (χ2n) is 5.54. The molecular weight excluding hydrogens is 248 g/mol. The highest BCUT2D eigenvalue weighted by Crippen LogP contribution is 2.22. The highest BCUT2D eigenvalue weighted by atomic mass is 16.2. The van der Waals surface area contributed by atoms with E-state index in [0.717, 1.165) is 19.4 Å². The van der Waals surface area contributed by atoms with Gasteiger partial charge in [-0.05, 0) is 23.5 Å². The van der Waals surface area contributed by atoms with E-state index in [1.165, 1.54) is 11.1 Å². The first kappa shape index (κ1) is 14.8. The highest BCUT2D eigenvalue weighted by molar-refractivity contribution is 5.83. The molecule has 1 aromatic rings. The van der Waals surface area contributed by atoms with Crippen LogP contribution in [0.25, 0.3) is 5.57 Å². The third-order valence-corrected chi connectivity index (χ3v) is 4.21. The van der Waals surface area contributed by atoms with Gasteiger partial charge in [0.1, 0.15) is 0 Å². The number of hydrogen-bond acceptors (Lipinski definition) is 2. The summed E-state index contributed by atoms with van der Waals surface area (Å²) in [7, 11) is 0. The van der Waals surface area contributed by atoms with Gasteiger partial charge in [0.15, 0.2) is 0 Å². The van der Waals surface area contributed by atoms with Gasteiger partial charge < -0.3 is 10.6 Å². The monoisotopic (exact) mass is 272 g/mol. The third kappa shape index (κ3) is 3.28. The van der Waals surface area contributed by atoms with E-state index in [2.05, 4.69) is 25.1 Å². The van der Waals surface area contributed by atoms with Crippen molar-refractivity contribution in [2.45, 2.75) is 32.7 Å². The molecule has 3 heteroatoms. The average Bonchev–Trinajstić information content (AvgIpc) is 2.53. The molecule has 0 fully saturated rings. The smallest absolute Gasteiger partial charge is 0.240 e. The normalized spacial score (nSPS) is 18.4. The van der Waals surface area contributed by atoms with Gasteiger partial charge in [0.25, 0.3) is 0 Å². The van der Waals surface area contributed by atoms with Crippen LogP contribution in [0.4, 0.5) is 0 Å². The Bertz CT molecular complexity index is 481. The fourth-order valence-corrected chi connectivity index (χ4v) is 2.49. The van der Waals surface area contributed by atoms with Crippen molar-refractivity contribution in [2.75, 3.05) is 13.1 Å². The van der Waals surface area contributed by atoms with Crippen LogP contribution in [0.15, 0.2) is 36.4 Å². The topological polar surface area (TPSA) is 46.3 Å². The Morgan fingerprint density at radius 2 is 2.05 bits per heavy atom. The van der Waals surface area contributed by atoms with E-state index in [1.54, 1.807) is 0 Å². The maximum atomic E-state index is 12.3. The molecule has 2 rings (SSSR count). The standard InChI is InChI=1S/C17H24N2O/c1-3-13(2)16(18)17(20)19-11-9-15(10-12-19)14-7-5-4-6-8-14/h4-9,13,16H,3,10-12,18H2,1-2H3/t13-,16-/m0/s1. The summed E-state index contributed by atoms with van der Waals surface area (Å²) in [6.45, 7) is 5.55. The van der Waals surface area contributed by atoms with E-state index < -0.39 is 0 Å². The van der Waals surface area contributed by atoms with Gasteiger partial charge in [-0.25, -0.2) is 0 Å². The lowest BCUT2D eigenvalue weighted by molar-refractivity contribution is -0.133. The lowest BCUT2D eigenvalue weighted by Gasteiger charge is -2.30. The first-order valence-electron chi connectivity index (χ1n) is 7.42. The summed E-state index contributed by atoms with van der Waals surface area (Å²) in [4.78, 5) is 14.2. The first-order valence-corrected chi connectivity index (χ1v) is 7.42. The molecular formula is C17H24N2O. The molecule has 2 N–H and O–H groups in total. The number of nitrogens with zero attached hydrogens (tertiary/aromatic N) is 1. The Morgan fingerprint density at radius 3 is 2.60 bits per heavy atom. The molecule has 0 radical (unpaired) electrons. The van der Waals surface area contributed by atoms with Crippen LogP contribution in [-0.4, -0.2) is 29.9 Å². The summed E-state index contributed by atoms with van der Waals surface area (Å²) in [5, 5.41) is 0. The fourth-order valence-electron chi connectivity index (χ4n) is 2.49. The fraction of sp³-hybridized carbons (Fsp3) is 0.471. The predicted octanol–water partition coefficient (Wildman–Crippen LogP) is 2.68. The zero-order valence-corrected chi connectivity index (χ0v) is 12.4. The minimum absolute atomic E-state index is 0.0858. The van der Waals surface area contributed by atoms with Gasteiger partial charge in [-0.15, -0.1) is 0 Å². The van der Waals surface area contributed by atoms with Crippen LogP contribution >= 0.6 is 0 Å². The van der Waals surface area contributed by atoms with E-state index in [1.807, 2.05) is 30.0 Å². The van der Waals surface area contributed by atoms with Gasteiger partial charge in [-0.3, -0.25) is 4.79 Å². The van der Waals surface area contributed by atoms with Crippen LogP contribution in [0.3, 0.4) is 0 Å². The first-order chi connectivity index (χ1) is 9.63. The van der Waals surface area contributed by atoms with Gasteiger partial charge >= 0.3 is 0 Å². The van der Waals surface area contributed by atoms with E-state index in [4.69, 9.17) is 5.73 Å². The zero-order valence-electron chi connectivity index (χ0n) is 12.4. The van der Waals surface area contributed by atoms with Crippen molar-refractivity contribution in [1.29, 1.82) is 0 Å². The third-order valence-electron chi connectivity index (χ3n) is 4.21. The molecule has 0 aliphatic carbocycles. The van der Waals surface area contributed by atoms with Crippen LogP contribution in [-0.2, 0) is 4.79 Å². The highest BCUT2D eigenvalue weighted by Gasteiger charge is 2.26. The van der Waals surface area contributed by atoms with Gasteiger partial charge in [0.2, 0.25) is 5.91 Å². The lowest BCUT2D eigenvalue weighted by atomic mass is 9.96. The molecule has 3 nitrogen and oxygen atoms in total. The second-order valence-corrected chi connectivity index (χ2v) is 5.54. The van der Waals surface area contributed by atoms with Crippen molar-refractivity contribution in [1.82, 2.24) is 4.90 Å². The van der Waals surface area contributed by atoms with Crippen LogP contribution in [0.1, 0.15) is 32.3 Å². The molecule has 1 aliphatic heterocycles. The van der Waals surface area contributed by atoms with Crippen molar-refractivity contribution in [3.63, 3.8) is 0 Å². The Kier molecular flexibility index (Phi) is 4.96. The minimum atomic E-state index is -0.369. The van der Waals surface area contributed by atoms with Gasteiger partial charge in [-0.1, -0.05) is 56.7 Å². The van der Waals surface area contributed by atoms with Crippen molar-refractivity contribution >= 4 is 11.5 Å². The van der Waals surface area contributed by atoms with E-state index in [9.17, 15) is 4.79 Å². The molecule has 0 saturated heterocycles. The number of carbonyl (C=O) groups excluding carboxylic acids is 1. The molecule has 1 aromatic carbocycles. The van der Waals surface area contributed by atoms with Crippen LogP contribution in [0, 0.1) is 5.92 Å². The number of carbonyl (C=O) groups is 1. The molecule has 1 aliphatic rings. The average molecular weight is 272 g/mol. The number of hydrogen-bond donors (Lipinski definition) is 1. The zero-order chi connectivity index (χ0) is 14.5. The van der Waals surface area contributed by atoms with Gasteiger partial charge in [-0.2, -0.15) is 0 Å². The van der Waals surface area contributed by atoms with Crippen LogP contribution < -0.4 is 5.73 Å².